The molecule has 4 rings (SSSR count). The van der Waals surface area contributed by atoms with Crippen molar-refractivity contribution < 1.29 is 13.9 Å². The Bertz CT molecular complexity index is 1150. The van der Waals surface area contributed by atoms with E-state index < -0.39 is 11.7 Å². The number of carbonyl (C=O) groups excluding carboxylic acids is 1. The number of benzene rings is 2. The molecule has 0 spiro atoms. The van der Waals surface area contributed by atoms with E-state index in [-0.39, 0.29) is 5.56 Å². The van der Waals surface area contributed by atoms with Crippen molar-refractivity contribution in [2.75, 3.05) is 11.9 Å². The second-order valence-electron chi connectivity index (χ2n) is 6.00. The molecule has 0 bridgehead atoms. The lowest BCUT2D eigenvalue weighted by atomic mass is 10.1. The first kappa shape index (κ1) is 18.1. The quantitative estimate of drug-likeness (QED) is 0.551. The van der Waals surface area contributed by atoms with Crippen LogP contribution < -0.4 is 10.1 Å². The van der Waals surface area contributed by atoms with Gasteiger partial charge in [0.1, 0.15) is 11.6 Å². The van der Waals surface area contributed by atoms with Gasteiger partial charge in [-0.05, 0) is 55.8 Å². The van der Waals surface area contributed by atoms with E-state index in [1.54, 1.807) is 23.6 Å². The van der Waals surface area contributed by atoms with E-state index in [9.17, 15) is 9.18 Å². The molecule has 2 aromatic heterocycles. The minimum Gasteiger partial charge on any atom is -0.494 e. The summed E-state index contributed by atoms with van der Waals surface area (Å²) in [6.45, 7) is 4.16. The Hall–Kier alpha value is -3.33. The van der Waals surface area contributed by atoms with Gasteiger partial charge < -0.3 is 4.74 Å². The molecular formula is C19H16FN5O2S. The molecule has 0 radical (unpaired) electrons. The molecule has 0 saturated heterocycles. The molecule has 9 heteroatoms. The van der Waals surface area contributed by atoms with Gasteiger partial charge in [0.05, 0.1) is 6.61 Å². The average molecular weight is 397 g/mol. The highest BCUT2D eigenvalue weighted by Crippen LogP contribution is 2.26. The lowest BCUT2D eigenvalue weighted by Crippen LogP contribution is -2.12. The van der Waals surface area contributed by atoms with Crippen molar-refractivity contribution in [1.29, 1.82) is 0 Å². The highest BCUT2D eigenvalue weighted by molar-refractivity contribution is 7.20. The SMILES string of the molecule is CCOc1ccc(-c2nnc3sc(NC(=O)c4ccc(C)c(F)c4)nn23)cc1. The second kappa shape index (κ2) is 7.35. The highest BCUT2D eigenvalue weighted by Gasteiger charge is 2.16. The number of anilines is 1. The largest absolute Gasteiger partial charge is 0.494 e. The molecule has 2 aromatic carbocycles. The van der Waals surface area contributed by atoms with Gasteiger partial charge in [0.25, 0.3) is 5.91 Å². The van der Waals surface area contributed by atoms with E-state index in [0.717, 1.165) is 11.3 Å². The molecule has 1 amide bonds. The summed E-state index contributed by atoms with van der Waals surface area (Å²) in [4.78, 5) is 12.9. The first-order valence-electron chi connectivity index (χ1n) is 8.58. The summed E-state index contributed by atoms with van der Waals surface area (Å²) < 4.78 is 20.7. The molecule has 142 valence electrons. The fourth-order valence-electron chi connectivity index (χ4n) is 2.62. The minimum atomic E-state index is -0.438. The summed E-state index contributed by atoms with van der Waals surface area (Å²) in [5.74, 6) is 0.454. The Labute approximate surface area is 163 Å². The molecule has 0 aliphatic carbocycles. The number of nitrogens with zero attached hydrogens (tertiary/aromatic N) is 4. The number of hydrogen-bond acceptors (Lipinski definition) is 6. The number of aromatic nitrogens is 4. The van der Waals surface area contributed by atoms with Crippen molar-refractivity contribution in [3.63, 3.8) is 0 Å². The third-order valence-corrected chi connectivity index (χ3v) is 4.88. The summed E-state index contributed by atoms with van der Waals surface area (Å²) >= 11 is 1.18. The summed E-state index contributed by atoms with van der Waals surface area (Å²) in [5.41, 5.74) is 1.52. The highest BCUT2D eigenvalue weighted by atomic mass is 32.1. The Morgan fingerprint density at radius 1 is 1.21 bits per heavy atom. The van der Waals surface area contributed by atoms with Gasteiger partial charge in [-0.3, -0.25) is 10.1 Å². The Morgan fingerprint density at radius 2 is 2.00 bits per heavy atom. The van der Waals surface area contributed by atoms with Crippen LogP contribution in [-0.4, -0.2) is 32.3 Å². The van der Waals surface area contributed by atoms with Crippen LogP contribution in [-0.2, 0) is 0 Å². The summed E-state index contributed by atoms with van der Waals surface area (Å²) in [6.07, 6.45) is 0. The monoisotopic (exact) mass is 397 g/mol. The van der Waals surface area contributed by atoms with Crippen LogP contribution >= 0.6 is 11.3 Å². The maximum atomic E-state index is 13.7. The van der Waals surface area contributed by atoms with E-state index >= 15 is 0 Å². The van der Waals surface area contributed by atoms with Crippen LogP contribution in [0.1, 0.15) is 22.8 Å². The predicted molar refractivity (Wildman–Crippen MR) is 104 cm³/mol. The van der Waals surface area contributed by atoms with Crippen molar-refractivity contribution in [3.8, 4) is 17.1 Å². The molecular weight excluding hydrogens is 381 g/mol. The van der Waals surface area contributed by atoms with E-state index in [2.05, 4.69) is 20.6 Å². The van der Waals surface area contributed by atoms with Gasteiger partial charge in [0.2, 0.25) is 10.1 Å². The van der Waals surface area contributed by atoms with E-state index in [0.29, 0.717) is 28.1 Å². The first-order chi connectivity index (χ1) is 13.5. The molecule has 0 aliphatic rings. The van der Waals surface area contributed by atoms with E-state index in [1.165, 1.54) is 17.4 Å². The van der Waals surface area contributed by atoms with Crippen molar-refractivity contribution in [2.24, 2.45) is 0 Å². The number of nitrogens with one attached hydrogen (secondary N) is 1. The number of ether oxygens (including phenoxy) is 1. The third kappa shape index (κ3) is 3.44. The molecule has 0 aliphatic heterocycles. The lowest BCUT2D eigenvalue weighted by molar-refractivity contribution is 0.102. The number of rotatable bonds is 5. The average Bonchev–Trinajstić information content (AvgIpc) is 3.25. The first-order valence-corrected chi connectivity index (χ1v) is 9.40. The number of aryl methyl sites for hydroxylation is 1. The summed E-state index contributed by atoms with van der Waals surface area (Å²) in [6, 6.07) is 11.8. The molecule has 0 fully saturated rings. The van der Waals surface area contributed by atoms with Crippen molar-refractivity contribution >= 4 is 27.3 Å². The number of carbonyl (C=O) groups is 1. The van der Waals surface area contributed by atoms with Crippen LogP contribution in [0.15, 0.2) is 42.5 Å². The molecule has 4 aromatic rings. The maximum Gasteiger partial charge on any atom is 0.257 e. The molecule has 0 saturated carbocycles. The zero-order chi connectivity index (χ0) is 19.7. The fraction of sp³-hybridized carbons (Fsp3) is 0.158. The standard InChI is InChI=1S/C19H16FN5O2S/c1-3-27-14-8-6-12(7-9-14)16-22-23-19-25(16)24-18(28-19)21-17(26)13-5-4-11(2)15(20)10-13/h4-10H,3H2,1-2H3,(H,21,24,26). The normalized spacial score (nSPS) is 11.0. The molecule has 0 atom stereocenters. The molecule has 0 unspecified atom stereocenters. The Balaban J connectivity index is 1.58. The predicted octanol–water partition coefficient (Wildman–Crippen LogP) is 3.95. The topological polar surface area (TPSA) is 81.4 Å². The van der Waals surface area contributed by atoms with Gasteiger partial charge in [-0.25, -0.2) is 4.39 Å². The smallest absolute Gasteiger partial charge is 0.257 e. The molecule has 28 heavy (non-hydrogen) atoms. The zero-order valence-corrected chi connectivity index (χ0v) is 16.0. The Morgan fingerprint density at radius 3 is 2.71 bits per heavy atom. The van der Waals surface area contributed by atoms with Gasteiger partial charge >= 0.3 is 0 Å². The molecule has 7 nitrogen and oxygen atoms in total. The van der Waals surface area contributed by atoms with E-state index in [4.69, 9.17) is 4.74 Å². The van der Waals surface area contributed by atoms with Crippen molar-refractivity contribution in [3.05, 3.63) is 59.4 Å². The third-order valence-electron chi connectivity index (χ3n) is 4.07. The number of amides is 1. The molecule has 1 N–H and O–H groups in total. The van der Waals surface area contributed by atoms with Crippen LogP contribution in [0.2, 0.25) is 0 Å². The van der Waals surface area contributed by atoms with Crippen molar-refractivity contribution in [2.45, 2.75) is 13.8 Å². The summed E-state index contributed by atoms with van der Waals surface area (Å²) in [5, 5.41) is 15.7. The molecule has 2 heterocycles. The number of hydrogen-bond donors (Lipinski definition) is 1. The lowest BCUT2D eigenvalue weighted by Gasteiger charge is -2.03. The fourth-order valence-corrected chi connectivity index (χ4v) is 3.35. The zero-order valence-electron chi connectivity index (χ0n) is 15.1. The van der Waals surface area contributed by atoms with Gasteiger partial charge in [-0.15, -0.1) is 15.3 Å². The van der Waals surface area contributed by atoms with Crippen molar-refractivity contribution in [1.82, 2.24) is 19.8 Å². The van der Waals surface area contributed by atoms with Crippen LogP contribution in [0.4, 0.5) is 9.52 Å². The second-order valence-corrected chi connectivity index (χ2v) is 6.96. The number of halogens is 1. The van der Waals surface area contributed by atoms with Crippen LogP contribution in [0, 0.1) is 12.7 Å². The van der Waals surface area contributed by atoms with Gasteiger partial charge in [-0.2, -0.15) is 4.52 Å². The number of fused-ring (bicyclic) bond motifs is 1. The van der Waals surface area contributed by atoms with Crippen LogP contribution in [0.5, 0.6) is 5.75 Å². The maximum absolute atomic E-state index is 13.7. The Kier molecular flexibility index (Phi) is 4.74. The van der Waals surface area contributed by atoms with Gasteiger partial charge in [-0.1, -0.05) is 17.4 Å². The van der Waals surface area contributed by atoms with E-state index in [1.807, 2.05) is 31.2 Å². The van der Waals surface area contributed by atoms with Gasteiger partial charge in [0.15, 0.2) is 5.82 Å². The van der Waals surface area contributed by atoms with Gasteiger partial charge in [0, 0.05) is 11.1 Å². The minimum absolute atomic E-state index is 0.223. The van der Waals surface area contributed by atoms with Crippen LogP contribution in [0.25, 0.3) is 16.3 Å². The van der Waals surface area contributed by atoms with Crippen LogP contribution in [0.3, 0.4) is 0 Å². The summed E-state index contributed by atoms with van der Waals surface area (Å²) in [7, 11) is 0.